The Morgan fingerprint density at radius 1 is 1.25 bits per heavy atom. The van der Waals surface area contributed by atoms with E-state index in [-0.39, 0.29) is 6.04 Å². The summed E-state index contributed by atoms with van der Waals surface area (Å²) in [5.74, 6) is 0. The SMILES string of the molecule is Cc1cnc(C(C)Nc2ccnc3ccc(Cl)cc23)s1. The van der Waals surface area contributed by atoms with E-state index in [2.05, 4.69) is 29.1 Å². The second kappa shape index (κ2) is 5.38. The van der Waals surface area contributed by atoms with Crippen molar-refractivity contribution in [3.8, 4) is 0 Å². The molecule has 0 saturated heterocycles. The summed E-state index contributed by atoms with van der Waals surface area (Å²) in [7, 11) is 0. The summed E-state index contributed by atoms with van der Waals surface area (Å²) in [6.45, 7) is 4.17. The number of fused-ring (bicyclic) bond motifs is 1. The van der Waals surface area contributed by atoms with Gasteiger partial charge in [0.25, 0.3) is 0 Å². The lowest BCUT2D eigenvalue weighted by Gasteiger charge is -2.14. The Bertz CT molecular complexity index is 754. The van der Waals surface area contributed by atoms with Gasteiger partial charge in [0.15, 0.2) is 0 Å². The molecular formula is C15H14ClN3S. The molecule has 0 radical (unpaired) electrons. The number of thiazole rings is 1. The Balaban J connectivity index is 1.96. The predicted octanol–water partition coefficient (Wildman–Crippen LogP) is 4.83. The summed E-state index contributed by atoms with van der Waals surface area (Å²) in [4.78, 5) is 10.00. The maximum atomic E-state index is 6.08. The standard InChI is InChI=1S/C15H14ClN3S/c1-9-8-18-15(20-9)10(2)19-14-5-6-17-13-4-3-11(16)7-12(13)14/h3-8,10H,1-2H3,(H,17,19). The summed E-state index contributed by atoms with van der Waals surface area (Å²) in [5.41, 5.74) is 1.96. The third-order valence-electron chi connectivity index (χ3n) is 3.09. The fraction of sp³-hybridized carbons (Fsp3) is 0.200. The monoisotopic (exact) mass is 303 g/mol. The maximum Gasteiger partial charge on any atom is 0.115 e. The molecule has 0 aliphatic rings. The fourth-order valence-corrected chi connectivity index (χ4v) is 3.06. The Kier molecular flexibility index (Phi) is 3.59. The van der Waals surface area contributed by atoms with Crippen LogP contribution in [0.5, 0.6) is 0 Å². The zero-order valence-corrected chi connectivity index (χ0v) is 12.8. The lowest BCUT2D eigenvalue weighted by molar-refractivity contribution is 0.871. The molecule has 0 bridgehead atoms. The minimum atomic E-state index is 0.151. The summed E-state index contributed by atoms with van der Waals surface area (Å²) >= 11 is 7.79. The van der Waals surface area contributed by atoms with Gasteiger partial charge in [-0.15, -0.1) is 11.3 Å². The van der Waals surface area contributed by atoms with E-state index >= 15 is 0 Å². The van der Waals surface area contributed by atoms with Gasteiger partial charge >= 0.3 is 0 Å². The average molecular weight is 304 g/mol. The summed E-state index contributed by atoms with van der Waals surface area (Å²) in [6, 6.07) is 7.84. The summed E-state index contributed by atoms with van der Waals surface area (Å²) < 4.78 is 0. The summed E-state index contributed by atoms with van der Waals surface area (Å²) in [5, 5.41) is 6.31. The molecule has 102 valence electrons. The van der Waals surface area contributed by atoms with Crippen LogP contribution in [-0.2, 0) is 0 Å². The molecule has 0 fully saturated rings. The quantitative estimate of drug-likeness (QED) is 0.753. The molecule has 0 saturated carbocycles. The van der Waals surface area contributed by atoms with Crippen LogP contribution >= 0.6 is 22.9 Å². The Morgan fingerprint density at radius 2 is 2.10 bits per heavy atom. The van der Waals surface area contributed by atoms with Crippen molar-refractivity contribution in [3.63, 3.8) is 0 Å². The van der Waals surface area contributed by atoms with Gasteiger partial charge in [-0.1, -0.05) is 11.6 Å². The fourth-order valence-electron chi connectivity index (χ4n) is 2.11. The molecule has 1 atom stereocenters. The van der Waals surface area contributed by atoms with Gasteiger partial charge in [-0.25, -0.2) is 4.98 Å². The van der Waals surface area contributed by atoms with Crippen LogP contribution in [0.3, 0.4) is 0 Å². The molecule has 3 rings (SSSR count). The van der Waals surface area contributed by atoms with Gasteiger partial charge in [-0.05, 0) is 38.1 Å². The van der Waals surface area contributed by atoms with Crippen LogP contribution in [0.4, 0.5) is 5.69 Å². The number of anilines is 1. The van der Waals surface area contributed by atoms with Crippen molar-refractivity contribution in [2.75, 3.05) is 5.32 Å². The van der Waals surface area contributed by atoms with Gasteiger partial charge in [0, 0.05) is 33.4 Å². The molecule has 1 N–H and O–H groups in total. The number of nitrogens with zero attached hydrogens (tertiary/aromatic N) is 2. The first-order valence-electron chi connectivity index (χ1n) is 6.36. The topological polar surface area (TPSA) is 37.8 Å². The van der Waals surface area contributed by atoms with Crippen LogP contribution in [0, 0.1) is 6.92 Å². The molecular weight excluding hydrogens is 290 g/mol. The van der Waals surface area contributed by atoms with Crippen molar-refractivity contribution in [1.82, 2.24) is 9.97 Å². The Hall–Kier alpha value is -1.65. The number of hydrogen-bond donors (Lipinski definition) is 1. The number of hydrogen-bond acceptors (Lipinski definition) is 4. The summed E-state index contributed by atoms with van der Waals surface area (Å²) in [6.07, 6.45) is 3.71. The molecule has 0 aliphatic heterocycles. The molecule has 5 heteroatoms. The maximum absolute atomic E-state index is 6.08. The first-order chi connectivity index (χ1) is 9.63. The number of benzene rings is 1. The van der Waals surface area contributed by atoms with E-state index in [0.717, 1.165) is 21.6 Å². The highest BCUT2D eigenvalue weighted by Gasteiger charge is 2.11. The van der Waals surface area contributed by atoms with Crippen LogP contribution in [0.1, 0.15) is 22.9 Å². The van der Waals surface area contributed by atoms with E-state index < -0.39 is 0 Å². The highest BCUT2D eigenvalue weighted by atomic mass is 35.5. The van der Waals surface area contributed by atoms with Crippen molar-refractivity contribution in [2.45, 2.75) is 19.9 Å². The first kappa shape index (κ1) is 13.3. The molecule has 0 aliphatic carbocycles. The molecule has 1 unspecified atom stereocenters. The smallest absolute Gasteiger partial charge is 0.115 e. The minimum Gasteiger partial charge on any atom is -0.375 e. The normalized spacial score (nSPS) is 12.6. The van der Waals surface area contributed by atoms with Crippen LogP contribution in [0.2, 0.25) is 5.02 Å². The lowest BCUT2D eigenvalue weighted by Crippen LogP contribution is -2.06. The van der Waals surface area contributed by atoms with Crippen molar-refractivity contribution in [2.24, 2.45) is 0 Å². The molecule has 20 heavy (non-hydrogen) atoms. The highest BCUT2D eigenvalue weighted by Crippen LogP contribution is 2.29. The van der Waals surface area contributed by atoms with Crippen molar-refractivity contribution in [3.05, 3.63) is 51.6 Å². The van der Waals surface area contributed by atoms with Crippen molar-refractivity contribution in [1.29, 1.82) is 0 Å². The number of aryl methyl sites for hydroxylation is 1. The number of aromatic nitrogens is 2. The van der Waals surface area contributed by atoms with Crippen molar-refractivity contribution >= 4 is 39.5 Å². The Labute approximate surface area is 126 Å². The largest absolute Gasteiger partial charge is 0.375 e. The van der Waals surface area contributed by atoms with Gasteiger partial charge in [-0.2, -0.15) is 0 Å². The molecule has 0 amide bonds. The van der Waals surface area contributed by atoms with Crippen LogP contribution in [-0.4, -0.2) is 9.97 Å². The third kappa shape index (κ3) is 2.62. The third-order valence-corrected chi connectivity index (χ3v) is 4.42. The van der Waals surface area contributed by atoms with Gasteiger partial charge in [0.05, 0.1) is 11.6 Å². The zero-order chi connectivity index (χ0) is 14.1. The number of nitrogens with one attached hydrogen (secondary N) is 1. The van der Waals surface area contributed by atoms with E-state index in [4.69, 9.17) is 11.6 Å². The van der Waals surface area contributed by atoms with E-state index in [1.54, 1.807) is 17.5 Å². The van der Waals surface area contributed by atoms with E-state index in [9.17, 15) is 0 Å². The average Bonchev–Trinajstić information content (AvgIpc) is 2.86. The van der Waals surface area contributed by atoms with Crippen LogP contribution in [0.25, 0.3) is 10.9 Å². The van der Waals surface area contributed by atoms with E-state index in [1.165, 1.54) is 4.88 Å². The van der Waals surface area contributed by atoms with Gasteiger partial charge in [0.2, 0.25) is 0 Å². The molecule has 2 heterocycles. The molecule has 0 spiro atoms. The molecule has 2 aromatic heterocycles. The second-order valence-corrected chi connectivity index (χ2v) is 6.40. The first-order valence-corrected chi connectivity index (χ1v) is 7.56. The number of halogens is 1. The van der Waals surface area contributed by atoms with Crippen LogP contribution in [0.15, 0.2) is 36.7 Å². The molecule has 3 nitrogen and oxygen atoms in total. The van der Waals surface area contributed by atoms with Gasteiger partial charge < -0.3 is 5.32 Å². The molecule has 3 aromatic rings. The van der Waals surface area contributed by atoms with Gasteiger partial charge in [-0.3, -0.25) is 4.98 Å². The Morgan fingerprint density at radius 3 is 2.85 bits per heavy atom. The second-order valence-electron chi connectivity index (χ2n) is 4.70. The zero-order valence-electron chi connectivity index (χ0n) is 11.2. The minimum absolute atomic E-state index is 0.151. The van der Waals surface area contributed by atoms with Crippen LogP contribution < -0.4 is 5.32 Å². The highest BCUT2D eigenvalue weighted by molar-refractivity contribution is 7.11. The van der Waals surface area contributed by atoms with Gasteiger partial charge in [0.1, 0.15) is 5.01 Å². The molecule has 1 aromatic carbocycles. The number of rotatable bonds is 3. The van der Waals surface area contributed by atoms with E-state index in [0.29, 0.717) is 5.02 Å². The predicted molar refractivity (Wildman–Crippen MR) is 85.6 cm³/mol. The lowest BCUT2D eigenvalue weighted by atomic mass is 10.1. The van der Waals surface area contributed by atoms with Crippen molar-refractivity contribution < 1.29 is 0 Å². The van der Waals surface area contributed by atoms with E-state index in [1.807, 2.05) is 30.5 Å². The number of pyridine rings is 1.